The van der Waals surface area contributed by atoms with E-state index < -0.39 is 5.82 Å². The number of piperidine rings is 1. The number of benzene rings is 1. The largest absolute Gasteiger partial charge is 0.349 e. The molecule has 1 heterocycles. The summed E-state index contributed by atoms with van der Waals surface area (Å²) in [5.74, 6) is -0.403. The molecular formula is C19H26ClFN2O. The second kappa shape index (κ2) is 8.30. The lowest BCUT2D eigenvalue weighted by Gasteiger charge is -2.37. The van der Waals surface area contributed by atoms with Gasteiger partial charge < -0.3 is 10.2 Å². The summed E-state index contributed by atoms with van der Waals surface area (Å²) in [5.41, 5.74) is 0.0849. The lowest BCUT2D eigenvalue weighted by atomic mass is 9.83. The molecule has 1 saturated carbocycles. The Morgan fingerprint density at radius 2 is 1.92 bits per heavy atom. The van der Waals surface area contributed by atoms with E-state index in [1.165, 1.54) is 50.9 Å². The molecule has 1 amide bonds. The van der Waals surface area contributed by atoms with Crippen molar-refractivity contribution in [3.05, 3.63) is 34.6 Å². The Morgan fingerprint density at radius 1 is 1.17 bits per heavy atom. The number of halogens is 2. The zero-order valence-electron chi connectivity index (χ0n) is 14.1. The second-order valence-corrected chi connectivity index (χ2v) is 7.55. The van der Waals surface area contributed by atoms with Gasteiger partial charge in [0.2, 0.25) is 0 Å². The minimum Gasteiger partial charge on any atom is -0.349 e. The predicted molar refractivity (Wildman–Crippen MR) is 94.9 cm³/mol. The van der Waals surface area contributed by atoms with Gasteiger partial charge in [0.1, 0.15) is 5.82 Å². The van der Waals surface area contributed by atoms with Crippen LogP contribution in [0.4, 0.5) is 4.39 Å². The van der Waals surface area contributed by atoms with Gasteiger partial charge in [0.05, 0.1) is 5.56 Å². The van der Waals surface area contributed by atoms with E-state index >= 15 is 0 Å². The molecule has 2 aliphatic rings. The molecule has 1 aliphatic carbocycles. The Hall–Kier alpha value is -1.13. The van der Waals surface area contributed by atoms with Gasteiger partial charge in [-0.3, -0.25) is 4.79 Å². The normalized spacial score (nSPS) is 25.4. The Bertz CT molecular complexity index is 574. The van der Waals surface area contributed by atoms with Gasteiger partial charge in [-0.1, -0.05) is 30.9 Å². The van der Waals surface area contributed by atoms with Gasteiger partial charge in [0.25, 0.3) is 5.91 Å². The standard InChI is InChI=1S/C19H26ClFN2O/c20-15-8-9-16(17(21)12-15)19(24)22-18-7-3-2-6-14(18)13-23-10-4-1-5-11-23/h8-9,12,14,18H,1-7,10-11,13H2,(H,22,24)/t14-,18?/m0/s1. The first-order valence-electron chi connectivity index (χ1n) is 9.12. The van der Waals surface area contributed by atoms with Gasteiger partial charge in [-0.15, -0.1) is 0 Å². The maximum atomic E-state index is 14.0. The molecule has 1 aromatic rings. The van der Waals surface area contributed by atoms with Crippen molar-refractivity contribution in [2.75, 3.05) is 19.6 Å². The van der Waals surface area contributed by atoms with E-state index in [0.717, 1.165) is 25.8 Å². The van der Waals surface area contributed by atoms with Crippen LogP contribution in [0.5, 0.6) is 0 Å². The van der Waals surface area contributed by atoms with Gasteiger partial charge in [-0.25, -0.2) is 4.39 Å². The van der Waals surface area contributed by atoms with Crippen LogP contribution in [0, 0.1) is 11.7 Å². The van der Waals surface area contributed by atoms with Crippen LogP contribution in [0.1, 0.15) is 55.3 Å². The van der Waals surface area contributed by atoms with Crippen molar-refractivity contribution in [2.24, 2.45) is 5.92 Å². The van der Waals surface area contributed by atoms with E-state index in [1.54, 1.807) is 6.07 Å². The molecule has 0 bridgehead atoms. The van der Waals surface area contributed by atoms with E-state index in [-0.39, 0.29) is 17.5 Å². The van der Waals surface area contributed by atoms with E-state index in [4.69, 9.17) is 11.6 Å². The quantitative estimate of drug-likeness (QED) is 0.878. The van der Waals surface area contributed by atoms with Crippen LogP contribution in [-0.4, -0.2) is 36.5 Å². The fourth-order valence-corrected chi connectivity index (χ4v) is 4.17. The highest BCUT2D eigenvalue weighted by atomic mass is 35.5. The Kier molecular flexibility index (Phi) is 6.12. The van der Waals surface area contributed by atoms with Gasteiger partial charge in [-0.2, -0.15) is 0 Å². The molecule has 0 aromatic heterocycles. The summed E-state index contributed by atoms with van der Waals surface area (Å²) in [6.45, 7) is 3.39. The highest BCUT2D eigenvalue weighted by molar-refractivity contribution is 6.30. The molecule has 132 valence electrons. The second-order valence-electron chi connectivity index (χ2n) is 7.11. The molecule has 0 spiro atoms. The summed E-state index contributed by atoms with van der Waals surface area (Å²) in [5, 5.41) is 3.40. The summed E-state index contributed by atoms with van der Waals surface area (Å²) in [4.78, 5) is 15.0. The van der Waals surface area contributed by atoms with Gasteiger partial charge in [-0.05, 0) is 62.9 Å². The monoisotopic (exact) mass is 352 g/mol. The molecule has 3 rings (SSSR count). The smallest absolute Gasteiger partial charge is 0.254 e. The molecule has 2 fully saturated rings. The number of carbonyl (C=O) groups is 1. The summed E-state index contributed by atoms with van der Waals surface area (Å²) in [6, 6.07) is 4.37. The summed E-state index contributed by atoms with van der Waals surface area (Å²) in [6.07, 6.45) is 8.37. The SMILES string of the molecule is O=C(NC1CCCC[C@H]1CN1CCCCC1)c1ccc(Cl)cc1F. The van der Waals surface area contributed by atoms with Gasteiger partial charge >= 0.3 is 0 Å². The summed E-state index contributed by atoms with van der Waals surface area (Å²) < 4.78 is 14.0. The third-order valence-corrected chi connectivity index (χ3v) is 5.58. The molecule has 1 aromatic carbocycles. The number of likely N-dealkylation sites (tertiary alicyclic amines) is 1. The molecular weight excluding hydrogens is 327 g/mol. The zero-order chi connectivity index (χ0) is 16.9. The van der Waals surface area contributed by atoms with Crippen LogP contribution in [0.3, 0.4) is 0 Å². The number of rotatable bonds is 4. The summed E-state index contributed by atoms with van der Waals surface area (Å²) >= 11 is 5.77. The van der Waals surface area contributed by atoms with E-state index in [1.807, 2.05) is 0 Å². The van der Waals surface area contributed by atoms with Crippen molar-refractivity contribution < 1.29 is 9.18 Å². The average molecular weight is 353 g/mol. The van der Waals surface area contributed by atoms with Crippen molar-refractivity contribution in [3.63, 3.8) is 0 Å². The average Bonchev–Trinajstić information content (AvgIpc) is 2.57. The number of nitrogens with one attached hydrogen (secondary N) is 1. The molecule has 1 N–H and O–H groups in total. The zero-order valence-corrected chi connectivity index (χ0v) is 14.8. The Balaban J connectivity index is 1.63. The van der Waals surface area contributed by atoms with Crippen molar-refractivity contribution in [1.82, 2.24) is 10.2 Å². The first-order valence-corrected chi connectivity index (χ1v) is 9.49. The van der Waals surface area contributed by atoms with Crippen LogP contribution >= 0.6 is 11.6 Å². The first-order chi connectivity index (χ1) is 11.6. The van der Waals surface area contributed by atoms with E-state index in [0.29, 0.717) is 10.9 Å². The number of hydrogen-bond acceptors (Lipinski definition) is 2. The molecule has 1 unspecified atom stereocenters. The molecule has 5 heteroatoms. The number of hydrogen-bond donors (Lipinski definition) is 1. The van der Waals surface area contributed by atoms with Crippen molar-refractivity contribution >= 4 is 17.5 Å². The third-order valence-electron chi connectivity index (χ3n) is 5.34. The highest BCUT2D eigenvalue weighted by Gasteiger charge is 2.29. The van der Waals surface area contributed by atoms with Gasteiger partial charge in [0.15, 0.2) is 0 Å². The Labute approximate surface area is 148 Å². The minimum absolute atomic E-state index is 0.0849. The Morgan fingerprint density at radius 3 is 2.67 bits per heavy atom. The fraction of sp³-hybridized carbons (Fsp3) is 0.632. The van der Waals surface area contributed by atoms with Crippen molar-refractivity contribution in [3.8, 4) is 0 Å². The van der Waals surface area contributed by atoms with Crippen LogP contribution in [-0.2, 0) is 0 Å². The molecule has 1 aliphatic heterocycles. The third kappa shape index (κ3) is 4.48. The van der Waals surface area contributed by atoms with E-state index in [2.05, 4.69) is 10.2 Å². The minimum atomic E-state index is -0.552. The lowest BCUT2D eigenvalue weighted by molar-refractivity contribution is 0.0873. The maximum Gasteiger partial charge on any atom is 0.254 e. The van der Waals surface area contributed by atoms with Crippen LogP contribution in [0.2, 0.25) is 5.02 Å². The fourth-order valence-electron chi connectivity index (χ4n) is 4.01. The summed E-state index contributed by atoms with van der Waals surface area (Å²) in [7, 11) is 0. The molecule has 1 saturated heterocycles. The topological polar surface area (TPSA) is 32.3 Å². The molecule has 24 heavy (non-hydrogen) atoms. The van der Waals surface area contributed by atoms with Crippen LogP contribution < -0.4 is 5.32 Å². The van der Waals surface area contributed by atoms with Gasteiger partial charge in [0, 0.05) is 17.6 Å². The van der Waals surface area contributed by atoms with Crippen LogP contribution in [0.15, 0.2) is 18.2 Å². The number of amides is 1. The molecule has 0 radical (unpaired) electrons. The van der Waals surface area contributed by atoms with Crippen molar-refractivity contribution in [1.29, 1.82) is 0 Å². The lowest BCUT2D eigenvalue weighted by Crippen LogP contribution is -2.47. The molecule has 2 atom stereocenters. The number of carbonyl (C=O) groups excluding carboxylic acids is 1. The maximum absolute atomic E-state index is 14.0. The first kappa shape index (κ1) is 17.7. The molecule has 3 nitrogen and oxygen atoms in total. The number of nitrogens with zero attached hydrogens (tertiary/aromatic N) is 1. The van der Waals surface area contributed by atoms with Crippen molar-refractivity contribution in [2.45, 2.75) is 51.0 Å². The predicted octanol–water partition coefficient (Wildman–Crippen LogP) is 4.25. The highest BCUT2D eigenvalue weighted by Crippen LogP contribution is 2.27. The van der Waals surface area contributed by atoms with Crippen LogP contribution in [0.25, 0.3) is 0 Å². The van der Waals surface area contributed by atoms with E-state index in [9.17, 15) is 9.18 Å².